The summed E-state index contributed by atoms with van der Waals surface area (Å²) in [7, 11) is 1.39. The molecule has 1 aliphatic rings. The number of ether oxygens (including phenoxy) is 1. The average Bonchev–Trinajstić information content (AvgIpc) is 2.51. The summed E-state index contributed by atoms with van der Waals surface area (Å²) < 4.78 is 5.16. The van der Waals surface area contributed by atoms with Crippen LogP contribution >= 0.6 is 0 Å². The molecule has 0 radical (unpaired) electrons. The van der Waals surface area contributed by atoms with Crippen molar-refractivity contribution in [2.75, 3.05) is 7.11 Å². The van der Waals surface area contributed by atoms with E-state index in [-0.39, 0.29) is 40.1 Å². The Kier molecular flexibility index (Phi) is 4.31. The van der Waals surface area contributed by atoms with Gasteiger partial charge in [-0.25, -0.2) is 0 Å². The van der Waals surface area contributed by atoms with E-state index >= 15 is 0 Å². The quantitative estimate of drug-likeness (QED) is 0.845. The summed E-state index contributed by atoms with van der Waals surface area (Å²) in [5, 5.41) is 9.76. The molecule has 0 amide bonds. The van der Waals surface area contributed by atoms with Gasteiger partial charge in [0.15, 0.2) is 11.6 Å². The number of hydrogen-bond acceptors (Lipinski definition) is 4. The van der Waals surface area contributed by atoms with Crippen LogP contribution < -0.4 is 4.74 Å². The summed E-state index contributed by atoms with van der Waals surface area (Å²) in [5.41, 5.74) is 1.17. The van der Waals surface area contributed by atoms with Crippen LogP contribution in [0.25, 0.3) is 0 Å². The molecule has 1 unspecified atom stereocenters. The fourth-order valence-electron chi connectivity index (χ4n) is 2.68. The lowest BCUT2D eigenvalue weighted by molar-refractivity contribution is 0.0964. The monoisotopic (exact) mass is 298 g/mol. The number of fused-ring (bicyclic) bond motifs is 1. The number of phenols is 1. The number of carbonyl (C=O) groups excluding carboxylic acids is 2. The van der Waals surface area contributed by atoms with E-state index in [9.17, 15) is 14.7 Å². The van der Waals surface area contributed by atoms with E-state index in [1.165, 1.54) is 19.2 Å². The van der Waals surface area contributed by atoms with E-state index in [0.29, 0.717) is 17.6 Å². The van der Waals surface area contributed by atoms with Gasteiger partial charge in [0.1, 0.15) is 11.5 Å². The zero-order chi connectivity index (χ0) is 16.4. The van der Waals surface area contributed by atoms with E-state index in [1.807, 2.05) is 6.92 Å². The zero-order valence-corrected chi connectivity index (χ0v) is 12.7. The van der Waals surface area contributed by atoms with Gasteiger partial charge < -0.3 is 9.84 Å². The first-order valence-corrected chi connectivity index (χ1v) is 6.93. The minimum atomic E-state index is -0.284. The van der Waals surface area contributed by atoms with Crippen molar-refractivity contribution >= 4 is 11.6 Å². The molecule has 0 aliphatic heterocycles. The maximum Gasteiger partial charge on any atom is 0.194 e. The molecule has 2 rings (SSSR count). The van der Waals surface area contributed by atoms with Crippen molar-refractivity contribution < 1.29 is 19.4 Å². The van der Waals surface area contributed by atoms with E-state index in [2.05, 4.69) is 13.2 Å². The van der Waals surface area contributed by atoms with E-state index in [4.69, 9.17) is 4.74 Å². The van der Waals surface area contributed by atoms with Crippen LogP contribution in [0.5, 0.6) is 11.5 Å². The summed E-state index contributed by atoms with van der Waals surface area (Å²) >= 11 is 0. The number of phenolic OH excluding ortho intramolecular Hbond substituents is 1. The largest absolute Gasteiger partial charge is 0.508 e. The van der Waals surface area contributed by atoms with Crippen molar-refractivity contribution in [3.8, 4) is 11.5 Å². The number of carbonyl (C=O) groups is 2. The fraction of sp³-hybridized carbons (Fsp3) is 0.222. The number of aromatic hydroxyl groups is 1. The van der Waals surface area contributed by atoms with Crippen LogP contribution in [-0.4, -0.2) is 23.8 Å². The van der Waals surface area contributed by atoms with Gasteiger partial charge in [-0.2, -0.15) is 0 Å². The SMILES string of the molecule is C=CCC1=C(C(C)C=C)C(=O)c2cc(O)cc(OC)c2C1=O. The fourth-order valence-corrected chi connectivity index (χ4v) is 2.68. The van der Waals surface area contributed by atoms with Gasteiger partial charge in [0.2, 0.25) is 0 Å². The van der Waals surface area contributed by atoms with Gasteiger partial charge in [-0.3, -0.25) is 9.59 Å². The summed E-state index contributed by atoms with van der Waals surface area (Å²) in [6.07, 6.45) is 3.50. The lowest BCUT2D eigenvalue weighted by Gasteiger charge is -2.24. The third-order valence-corrected chi connectivity index (χ3v) is 3.78. The Bertz CT molecular complexity index is 710. The molecule has 22 heavy (non-hydrogen) atoms. The molecule has 4 nitrogen and oxygen atoms in total. The van der Waals surface area contributed by atoms with Crippen LogP contribution in [0.3, 0.4) is 0 Å². The van der Waals surface area contributed by atoms with Crippen molar-refractivity contribution in [2.45, 2.75) is 13.3 Å². The van der Waals surface area contributed by atoms with Gasteiger partial charge >= 0.3 is 0 Å². The highest BCUT2D eigenvalue weighted by Crippen LogP contribution is 2.38. The zero-order valence-electron chi connectivity index (χ0n) is 12.7. The lowest BCUT2D eigenvalue weighted by Crippen LogP contribution is -2.25. The van der Waals surface area contributed by atoms with Crippen LogP contribution in [0.15, 0.2) is 48.6 Å². The number of benzene rings is 1. The molecule has 1 N–H and O–H groups in total. The van der Waals surface area contributed by atoms with Crippen molar-refractivity contribution in [1.29, 1.82) is 0 Å². The standard InChI is InChI=1S/C18H18O4/c1-5-7-12-15(10(3)6-2)18(21)13-8-11(19)9-14(22-4)16(13)17(12)20/h5-6,8-10,19H,1-2,7H2,3-4H3. The normalized spacial score (nSPS) is 15.4. The van der Waals surface area contributed by atoms with Crippen LogP contribution in [-0.2, 0) is 0 Å². The lowest BCUT2D eigenvalue weighted by atomic mass is 9.77. The number of hydrogen-bond donors (Lipinski definition) is 1. The minimum absolute atomic E-state index is 0.116. The third kappa shape index (κ3) is 2.37. The summed E-state index contributed by atoms with van der Waals surface area (Å²) in [6.45, 7) is 9.16. The van der Waals surface area contributed by atoms with Crippen LogP contribution in [0, 0.1) is 5.92 Å². The molecule has 1 aromatic carbocycles. The second-order valence-electron chi connectivity index (χ2n) is 5.14. The predicted octanol–water partition coefficient (Wildman–Crippen LogP) is 3.47. The summed E-state index contributed by atoms with van der Waals surface area (Å²) in [6, 6.07) is 2.63. The summed E-state index contributed by atoms with van der Waals surface area (Å²) in [5.74, 6) is -0.745. The Morgan fingerprint density at radius 1 is 1.27 bits per heavy atom. The number of Topliss-reactive ketones (excluding diaryl/α,β-unsaturated/α-hetero) is 2. The average molecular weight is 298 g/mol. The second-order valence-corrected chi connectivity index (χ2v) is 5.14. The Balaban J connectivity index is 2.78. The first-order chi connectivity index (χ1) is 10.5. The van der Waals surface area contributed by atoms with Gasteiger partial charge in [-0.1, -0.05) is 19.1 Å². The maximum absolute atomic E-state index is 12.8. The molecule has 4 heteroatoms. The first kappa shape index (κ1) is 15.8. The Morgan fingerprint density at radius 3 is 2.50 bits per heavy atom. The second kappa shape index (κ2) is 6.02. The van der Waals surface area contributed by atoms with Gasteiger partial charge in [0, 0.05) is 28.7 Å². The third-order valence-electron chi connectivity index (χ3n) is 3.78. The van der Waals surface area contributed by atoms with E-state index in [0.717, 1.165) is 0 Å². The van der Waals surface area contributed by atoms with Gasteiger partial charge in [-0.15, -0.1) is 13.2 Å². The first-order valence-electron chi connectivity index (χ1n) is 6.93. The van der Waals surface area contributed by atoms with Crippen LogP contribution in [0.2, 0.25) is 0 Å². The Hall–Kier alpha value is -2.62. The number of allylic oxidation sites excluding steroid dienone is 4. The predicted molar refractivity (Wildman–Crippen MR) is 84.5 cm³/mol. The highest BCUT2D eigenvalue weighted by atomic mass is 16.5. The smallest absolute Gasteiger partial charge is 0.194 e. The van der Waals surface area contributed by atoms with Crippen molar-refractivity contribution in [3.63, 3.8) is 0 Å². The molecular weight excluding hydrogens is 280 g/mol. The van der Waals surface area contributed by atoms with Crippen molar-refractivity contribution in [2.24, 2.45) is 5.92 Å². The highest BCUT2D eigenvalue weighted by molar-refractivity contribution is 6.28. The van der Waals surface area contributed by atoms with Crippen molar-refractivity contribution in [3.05, 3.63) is 59.7 Å². The Labute approximate surface area is 129 Å². The molecule has 114 valence electrons. The molecule has 1 atom stereocenters. The molecule has 1 aliphatic carbocycles. The molecule has 0 fully saturated rings. The summed E-state index contributed by atoms with van der Waals surface area (Å²) in [4.78, 5) is 25.6. The topological polar surface area (TPSA) is 63.6 Å². The number of rotatable bonds is 5. The minimum Gasteiger partial charge on any atom is -0.508 e. The maximum atomic E-state index is 12.8. The Morgan fingerprint density at radius 2 is 1.95 bits per heavy atom. The van der Waals surface area contributed by atoms with E-state index in [1.54, 1.807) is 12.2 Å². The van der Waals surface area contributed by atoms with Crippen LogP contribution in [0.1, 0.15) is 34.1 Å². The molecule has 0 bridgehead atoms. The van der Waals surface area contributed by atoms with Crippen molar-refractivity contribution in [1.82, 2.24) is 0 Å². The van der Waals surface area contributed by atoms with Gasteiger partial charge in [0.25, 0.3) is 0 Å². The number of methoxy groups -OCH3 is 1. The molecular formula is C18H18O4. The highest BCUT2D eigenvalue weighted by Gasteiger charge is 2.35. The van der Waals surface area contributed by atoms with Crippen LogP contribution in [0.4, 0.5) is 0 Å². The van der Waals surface area contributed by atoms with Gasteiger partial charge in [0.05, 0.1) is 12.7 Å². The molecule has 0 saturated carbocycles. The molecule has 0 saturated heterocycles. The van der Waals surface area contributed by atoms with Gasteiger partial charge in [-0.05, 0) is 12.5 Å². The molecule has 0 aromatic heterocycles. The molecule has 0 spiro atoms. The molecule has 1 aromatic rings. The number of ketones is 2. The molecule has 0 heterocycles. The van der Waals surface area contributed by atoms with E-state index < -0.39 is 0 Å².